The zero-order valence-corrected chi connectivity index (χ0v) is 9.08. The first-order valence-corrected chi connectivity index (χ1v) is 5.27. The number of ketones is 1. The van der Waals surface area contributed by atoms with Gasteiger partial charge in [0.25, 0.3) is 0 Å². The summed E-state index contributed by atoms with van der Waals surface area (Å²) in [5.74, 6) is 0.426. The zero-order valence-electron chi connectivity index (χ0n) is 9.08. The van der Waals surface area contributed by atoms with Crippen molar-refractivity contribution in [1.82, 2.24) is 0 Å². The summed E-state index contributed by atoms with van der Waals surface area (Å²) in [6.45, 7) is 2.08. The average Bonchev–Trinajstić information content (AvgIpc) is 2.18. The van der Waals surface area contributed by atoms with Crippen LogP contribution in [0.3, 0.4) is 0 Å². The summed E-state index contributed by atoms with van der Waals surface area (Å²) < 4.78 is 0. The third-order valence-electron chi connectivity index (χ3n) is 3.06. The molecule has 14 heavy (non-hydrogen) atoms. The quantitative estimate of drug-likeness (QED) is 0.513. The van der Waals surface area contributed by atoms with Gasteiger partial charge in [-0.3, -0.25) is 4.79 Å². The normalized spacial score (nSPS) is 28.3. The summed E-state index contributed by atoms with van der Waals surface area (Å²) in [6.07, 6.45) is 7.52. The Morgan fingerprint density at radius 1 is 1.57 bits per heavy atom. The number of hydrogen-bond donors (Lipinski definition) is 0. The van der Waals surface area contributed by atoms with E-state index in [2.05, 4.69) is 16.9 Å². The molecular weight excluding hydrogens is 178 g/mol. The second-order valence-corrected chi connectivity index (χ2v) is 4.20. The van der Waals surface area contributed by atoms with Gasteiger partial charge in [-0.2, -0.15) is 0 Å². The molecule has 0 heterocycles. The van der Waals surface area contributed by atoms with Gasteiger partial charge in [0.1, 0.15) is 12.9 Å². The van der Waals surface area contributed by atoms with Crippen LogP contribution >= 0.6 is 0 Å². The van der Waals surface area contributed by atoms with Gasteiger partial charge in [0, 0.05) is 18.1 Å². The molecule has 1 saturated carbocycles. The van der Waals surface area contributed by atoms with Crippen molar-refractivity contribution in [2.45, 2.75) is 45.4 Å². The predicted octanol–water partition coefficient (Wildman–Crippen LogP) is 2.55. The lowest BCUT2D eigenvalue weighted by Gasteiger charge is -2.31. The van der Waals surface area contributed by atoms with Gasteiger partial charge < -0.3 is 4.84 Å². The van der Waals surface area contributed by atoms with Gasteiger partial charge in [0.05, 0.1) is 0 Å². The van der Waals surface area contributed by atoms with Crippen molar-refractivity contribution in [2.24, 2.45) is 10.6 Å². The molecule has 1 unspecified atom stereocenters. The molecule has 0 aromatic carbocycles. The first-order chi connectivity index (χ1) is 6.69. The minimum absolute atomic E-state index is 0.0992. The average molecular weight is 197 g/mol. The van der Waals surface area contributed by atoms with Crippen molar-refractivity contribution in [2.75, 3.05) is 7.11 Å². The summed E-state index contributed by atoms with van der Waals surface area (Å²) in [6, 6.07) is 0. The van der Waals surface area contributed by atoms with E-state index in [-0.39, 0.29) is 5.41 Å². The monoisotopic (exact) mass is 197 g/mol. The van der Waals surface area contributed by atoms with Crippen molar-refractivity contribution < 1.29 is 9.63 Å². The van der Waals surface area contributed by atoms with Crippen LogP contribution < -0.4 is 0 Å². The van der Waals surface area contributed by atoms with E-state index in [1.165, 1.54) is 13.5 Å². The first kappa shape index (κ1) is 11.2. The highest BCUT2D eigenvalue weighted by Crippen LogP contribution is 2.36. The van der Waals surface area contributed by atoms with Crippen LogP contribution in [-0.4, -0.2) is 19.1 Å². The van der Waals surface area contributed by atoms with E-state index in [9.17, 15) is 4.79 Å². The number of hydrogen-bond acceptors (Lipinski definition) is 3. The van der Waals surface area contributed by atoms with Crippen LogP contribution in [0.4, 0.5) is 0 Å². The molecule has 1 aliphatic carbocycles. The van der Waals surface area contributed by atoms with Crippen LogP contribution in [0.25, 0.3) is 0 Å². The van der Waals surface area contributed by atoms with Crippen LogP contribution in [-0.2, 0) is 9.63 Å². The van der Waals surface area contributed by atoms with Crippen LogP contribution in [0.15, 0.2) is 5.16 Å². The molecule has 80 valence electrons. The van der Waals surface area contributed by atoms with E-state index in [0.717, 1.165) is 32.1 Å². The maximum atomic E-state index is 11.7. The molecule has 0 saturated heterocycles. The van der Waals surface area contributed by atoms with Crippen LogP contribution in [0.5, 0.6) is 0 Å². The van der Waals surface area contributed by atoms with Gasteiger partial charge in [-0.1, -0.05) is 18.5 Å². The molecule has 0 bridgehead atoms. The minimum atomic E-state index is -0.0992. The second-order valence-electron chi connectivity index (χ2n) is 4.20. The lowest BCUT2D eigenvalue weighted by molar-refractivity contribution is -0.130. The lowest BCUT2D eigenvalue weighted by atomic mass is 9.72. The fourth-order valence-corrected chi connectivity index (χ4v) is 2.02. The molecular formula is C11H19NO2. The highest BCUT2D eigenvalue weighted by molar-refractivity contribution is 5.85. The molecule has 3 nitrogen and oxygen atoms in total. The minimum Gasteiger partial charge on any atom is -0.399 e. The van der Waals surface area contributed by atoms with Crippen molar-refractivity contribution >= 4 is 12.0 Å². The maximum absolute atomic E-state index is 11.7. The SMILES string of the molecule is CO/N=C/CCC1(C)CCCCC1=O. The fraction of sp³-hybridized carbons (Fsp3) is 0.818. The number of nitrogens with zero attached hydrogens (tertiary/aromatic N) is 1. The van der Waals surface area contributed by atoms with Crippen LogP contribution in [0, 0.1) is 5.41 Å². The van der Waals surface area contributed by atoms with Crippen molar-refractivity contribution in [3.63, 3.8) is 0 Å². The first-order valence-electron chi connectivity index (χ1n) is 5.27. The van der Waals surface area contributed by atoms with Crippen molar-refractivity contribution in [3.05, 3.63) is 0 Å². The summed E-state index contributed by atoms with van der Waals surface area (Å²) in [5, 5.41) is 3.68. The molecule has 0 aromatic rings. The molecule has 0 N–H and O–H groups in total. The number of oxime groups is 1. The Morgan fingerprint density at radius 2 is 2.36 bits per heavy atom. The summed E-state index contributed by atoms with van der Waals surface area (Å²) in [7, 11) is 1.53. The third kappa shape index (κ3) is 2.82. The summed E-state index contributed by atoms with van der Waals surface area (Å²) in [5.41, 5.74) is -0.0992. The van der Waals surface area contributed by atoms with E-state index in [4.69, 9.17) is 0 Å². The van der Waals surface area contributed by atoms with Gasteiger partial charge >= 0.3 is 0 Å². The maximum Gasteiger partial charge on any atom is 0.138 e. The van der Waals surface area contributed by atoms with Crippen molar-refractivity contribution in [3.8, 4) is 0 Å². The molecule has 1 rings (SSSR count). The Labute approximate surface area is 85.5 Å². The number of Topliss-reactive ketones (excluding diaryl/α,β-unsaturated/α-hetero) is 1. The third-order valence-corrected chi connectivity index (χ3v) is 3.06. The van der Waals surface area contributed by atoms with E-state index < -0.39 is 0 Å². The van der Waals surface area contributed by atoms with Gasteiger partial charge in [-0.15, -0.1) is 0 Å². The summed E-state index contributed by atoms with van der Waals surface area (Å²) >= 11 is 0. The number of carbonyl (C=O) groups excluding carboxylic acids is 1. The number of rotatable bonds is 4. The zero-order chi connectivity index (χ0) is 10.4. The molecule has 1 atom stereocenters. The van der Waals surface area contributed by atoms with Gasteiger partial charge in [-0.25, -0.2) is 0 Å². The van der Waals surface area contributed by atoms with Crippen molar-refractivity contribution in [1.29, 1.82) is 0 Å². The van der Waals surface area contributed by atoms with E-state index >= 15 is 0 Å². The highest BCUT2D eigenvalue weighted by atomic mass is 16.6. The molecule has 1 aliphatic rings. The Morgan fingerprint density at radius 3 is 3.00 bits per heavy atom. The van der Waals surface area contributed by atoms with E-state index in [0.29, 0.717) is 5.78 Å². The lowest BCUT2D eigenvalue weighted by Crippen LogP contribution is -2.31. The topological polar surface area (TPSA) is 38.7 Å². The van der Waals surface area contributed by atoms with E-state index in [1.54, 1.807) is 6.21 Å². The van der Waals surface area contributed by atoms with Gasteiger partial charge in [0.2, 0.25) is 0 Å². The molecule has 0 amide bonds. The van der Waals surface area contributed by atoms with Crippen LogP contribution in [0.1, 0.15) is 45.4 Å². The largest absolute Gasteiger partial charge is 0.399 e. The Bertz CT molecular complexity index is 225. The molecule has 0 aliphatic heterocycles. The second kappa shape index (κ2) is 5.13. The Kier molecular flexibility index (Phi) is 4.11. The van der Waals surface area contributed by atoms with Crippen LogP contribution in [0.2, 0.25) is 0 Å². The van der Waals surface area contributed by atoms with Gasteiger partial charge in [0.15, 0.2) is 0 Å². The van der Waals surface area contributed by atoms with E-state index in [1.807, 2.05) is 0 Å². The molecule has 0 aromatic heterocycles. The Balaban J connectivity index is 2.39. The molecule has 3 heteroatoms. The number of carbonyl (C=O) groups is 1. The Hall–Kier alpha value is -0.860. The smallest absolute Gasteiger partial charge is 0.138 e. The highest BCUT2D eigenvalue weighted by Gasteiger charge is 2.33. The molecule has 1 fully saturated rings. The molecule has 0 radical (unpaired) electrons. The predicted molar refractivity (Wildman–Crippen MR) is 56.3 cm³/mol. The summed E-state index contributed by atoms with van der Waals surface area (Å²) in [4.78, 5) is 16.3. The standard InChI is InChI=1S/C11H19NO2/c1-11(8-5-9-12-14-2)7-4-3-6-10(11)13/h9H,3-8H2,1-2H3/b12-9+. The fourth-order valence-electron chi connectivity index (χ4n) is 2.02. The van der Waals surface area contributed by atoms with Gasteiger partial charge in [-0.05, 0) is 25.7 Å². The molecule has 0 spiro atoms.